The lowest BCUT2D eigenvalue weighted by atomic mass is 9.92. The Hall–Kier alpha value is -0.910. The van der Waals surface area contributed by atoms with Gasteiger partial charge in [-0.1, -0.05) is 6.07 Å². The minimum atomic E-state index is -0.179. The van der Waals surface area contributed by atoms with Crippen molar-refractivity contribution in [3.63, 3.8) is 0 Å². The first-order valence-corrected chi connectivity index (χ1v) is 7.34. The van der Waals surface area contributed by atoms with Crippen LogP contribution in [0.1, 0.15) is 30.2 Å². The number of carbonyl (C=O) groups is 1. The molecule has 1 aliphatic rings. The fourth-order valence-electron chi connectivity index (χ4n) is 2.68. The Balaban J connectivity index is 1.90. The van der Waals surface area contributed by atoms with E-state index in [1.165, 1.54) is 4.88 Å². The number of thiophene rings is 1. The molecule has 0 aromatic carbocycles. The van der Waals surface area contributed by atoms with Crippen molar-refractivity contribution in [2.75, 3.05) is 19.6 Å². The van der Waals surface area contributed by atoms with Gasteiger partial charge in [0.2, 0.25) is 5.91 Å². The van der Waals surface area contributed by atoms with Crippen LogP contribution >= 0.6 is 11.3 Å². The molecule has 2 rings (SSSR count). The fraction of sp³-hybridized carbons (Fsp3) is 0.615. The summed E-state index contributed by atoms with van der Waals surface area (Å²) in [6, 6.07) is 4.56. The predicted octanol–water partition coefficient (Wildman–Crippen LogP) is 1.34. The molecule has 1 atom stereocenters. The Morgan fingerprint density at radius 3 is 2.72 bits per heavy atom. The second-order valence-electron chi connectivity index (χ2n) is 4.92. The molecule has 1 aromatic heterocycles. The zero-order valence-electron chi connectivity index (χ0n) is 10.5. The van der Waals surface area contributed by atoms with Crippen molar-refractivity contribution < 1.29 is 4.79 Å². The van der Waals surface area contributed by atoms with Crippen molar-refractivity contribution >= 4 is 17.2 Å². The van der Waals surface area contributed by atoms with Crippen molar-refractivity contribution in [3.8, 4) is 0 Å². The van der Waals surface area contributed by atoms with E-state index in [1.807, 2.05) is 0 Å². The first-order valence-electron chi connectivity index (χ1n) is 6.46. The molecule has 1 aromatic rings. The number of nitrogens with two attached hydrogens (primary N) is 2. The van der Waals surface area contributed by atoms with Gasteiger partial charge in [0.1, 0.15) is 0 Å². The number of rotatable bonds is 5. The fourth-order valence-corrected chi connectivity index (χ4v) is 3.55. The van der Waals surface area contributed by atoms with E-state index >= 15 is 0 Å². The van der Waals surface area contributed by atoms with E-state index in [0.29, 0.717) is 24.9 Å². The van der Waals surface area contributed by atoms with Crippen LogP contribution in [-0.2, 0) is 4.79 Å². The first-order chi connectivity index (χ1) is 8.70. The van der Waals surface area contributed by atoms with Crippen LogP contribution < -0.4 is 11.5 Å². The number of hydrogen-bond acceptors (Lipinski definition) is 4. The molecule has 5 heteroatoms. The van der Waals surface area contributed by atoms with Crippen molar-refractivity contribution in [2.24, 2.45) is 17.4 Å². The molecular formula is C13H21N3OS. The zero-order chi connectivity index (χ0) is 13.0. The van der Waals surface area contributed by atoms with E-state index in [-0.39, 0.29) is 5.91 Å². The molecule has 18 heavy (non-hydrogen) atoms. The number of amides is 1. The van der Waals surface area contributed by atoms with Gasteiger partial charge >= 0.3 is 0 Å². The van der Waals surface area contributed by atoms with Crippen molar-refractivity contribution in [3.05, 3.63) is 22.4 Å². The summed E-state index contributed by atoms with van der Waals surface area (Å²) < 4.78 is 0. The van der Waals surface area contributed by atoms with E-state index in [1.54, 1.807) is 11.3 Å². The quantitative estimate of drug-likeness (QED) is 0.845. The monoisotopic (exact) mass is 267 g/mol. The van der Waals surface area contributed by atoms with Crippen LogP contribution in [0.15, 0.2) is 17.5 Å². The molecule has 1 aliphatic heterocycles. The molecule has 0 bridgehead atoms. The van der Waals surface area contributed by atoms with E-state index in [9.17, 15) is 4.79 Å². The largest absolute Gasteiger partial charge is 0.370 e. The average Bonchev–Trinajstić information content (AvgIpc) is 2.85. The van der Waals surface area contributed by atoms with Gasteiger partial charge in [-0.05, 0) is 43.3 Å². The molecule has 1 unspecified atom stereocenters. The standard InChI is InChI=1S/C13H21N3OS/c14-9-11(12-2-1-7-18-12)16-5-3-10(4-6-16)8-13(15)17/h1-2,7,10-11H,3-6,8-9,14H2,(H2,15,17). The van der Waals surface area contributed by atoms with Gasteiger partial charge in [0.25, 0.3) is 0 Å². The van der Waals surface area contributed by atoms with E-state index < -0.39 is 0 Å². The minimum Gasteiger partial charge on any atom is -0.370 e. The third-order valence-electron chi connectivity index (χ3n) is 3.67. The molecule has 1 amide bonds. The van der Waals surface area contributed by atoms with E-state index in [2.05, 4.69) is 22.4 Å². The molecule has 0 aliphatic carbocycles. The highest BCUT2D eigenvalue weighted by molar-refractivity contribution is 7.10. The van der Waals surface area contributed by atoms with Gasteiger partial charge in [-0.3, -0.25) is 9.69 Å². The van der Waals surface area contributed by atoms with Gasteiger partial charge < -0.3 is 11.5 Å². The number of primary amides is 1. The second kappa shape index (κ2) is 6.31. The van der Waals surface area contributed by atoms with Crippen molar-refractivity contribution in [2.45, 2.75) is 25.3 Å². The number of nitrogens with zero attached hydrogens (tertiary/aromatic N) is 1. The smallest absolute Gasteiger partial charge is 0.217 e. The summed E-state index contributed by atoms with van der Waals surface area (Å²) in [4.78, 5) is 14.7. The summed E-state index contributed by atoms with van der Waals surface area (Å²) in [6.45, 7) is 2.68. The Morgan fingerprint density at radius 1 is 1.50 bits per heavy atom. The summed E-state index contributed by atoms with van der Waals surface area (Å²) in [5, 5.41) is 2.10. The second-order valence-corrected chi connectivity index (χ2v) is 5.90. The van der Waals surface area contributed by atoms with Crippen LogP contribution in [0.2, 0.25) is 0 Å². The van der Waals surface area contributed by atoms with E-state index in [0.717, 1.165) is 25.9 Å². The summed E-state index contributed by atoms with van der Waals surface area (Å²) in [7, 11) is 0. The van der Waals surface area contributed by atoms with Crippen LogP contribution in [0.5, 0.6) is 0 Å². The first kappa shape index (κ1) is 13.5. The molecule has 1 saturated heterocycles. The number of piperidine rings is 1. The number of carbonyl (C=O) groups excluding carboxylic acids is 1. The van der Waals surface area contributed by atoms with E-state index in [4.69, 9.17) is 11.5 Å². The highest BCUT2D eigenvalue weighted by Gasteiger charge is 2.26. The van der Waals surface area contributed by atoms with Gasteiger partial charge in [-0.15, -0.1) is 11.3 Å². The third-order valence-corrected chi connectivity index (χ3v) is 4.65. The normalized spacial score (nSPS) is 19.8. The van der Waals surface area contributed by atoms with Crippen molar-refractivity contribution in [1.29, 1.82) is 0 Å². The van der Waals surface area contributed by atoms with Crippen LogP contribution in [0.4, 0.5) is 0 Å². The maximum atomic E-state index is 10.9. The topological polar surface area (TPSA) is 72.3 Å². The number of likely N-dealkylation sites (tertiary alicyclic amines) is 1. The molecular weight excluding hydrogens is 246 g/mol. The Bertz CT molecular complexity index is 372. The zero-order valence-corrected chi connectivity index (χ0v) is 11.4. The highest BCUT2D eigenvalue weighted by Crippen LogP contribution is 2.29. The van der Waals surface area contributed by atoms with Gasteiger partial charge in [-0.2, -0.15) is 0 Å². The van der Waals surface area contributed by atoms with Gasteiger partial charge in [0.05, 0.1) is 6.04 Å². The molecule has 4 nitrogen and oxygen atoms in total. The number of hydrogen-bond donors (Lipinski definition) is 2. The maximum Gasteiger partial charge on any atom is 0.217 e. The lowest BCUT2D eigenvalue weighted by Crippen LogP contribution is -2.40. The highest BCUT2D eigenvalue weighted by atomic mass is 32.1. The Labute approximate surface area is 112 Å². The molecule has 100 valence electrons. The predicted molar refractivity (Wildman–Crippen MR) is 74.2 cm³/mol. The summed E-state index contributed by atoms with van der Waals surface area (Å²) >= 11 is 1.76. The molecule has 4 N–H and O–H groups in total. The summed E-state index contributed by atoms with van der Waals surface area (Å²) in [5.41, 5.74) is 11.2. The molecule has 0 spiro atoms. The van der Waals surface area contributed by atoms with Crippen LogP contribution in [0.3, 0.4) is 0 Å². The van der Waals surface area contributed by atoms with Crippen LogP contribution in [0, 0.1) is 5.92 Å². The SMILES string of the molecule is NCC(c1cccs1)N1CCC(CC(N)=O)CC1. The summed E-state index contributed by atoms with van der Waals surface area (Å²) in [5.74, 6) is 0.280. The molecule has 0 saturated carbocycles. The average molecular weight is 267 g/mol. The molecule has 1 fully saturated rings. The van der Waals surface area contributed by atoms with Gasteiger partial charge in [0, 0.05) is 17.8 Å². The van der Waals surface area contributed by atoms with Crippen LogP contribution in [-0.4, -0.2) is 30.4 Å². The Morgan fingerprint density at radius 2 is 2.22 bits per heavy atom. The summed E-state index contributed by atoms with van der Waals surface area (Å²) in [6.07, 6.45) is 2.62. The Kier molecular flexibility index (Phi) is 4.74. The lowest BCUT2D eigenvalue weighted by Gasteiger charge is -2.36. The van der Waals surface area contributed by atoms with Crippen molar-refractivity contribution in [1.82, 2.24) is 4.90 Å². The van der Waals surface area contributed by atoms with Gasteiger partial charge in [0.15, 0.2) is 0 Å². The maximum absolute atomic E-state index is 10.9. The van der Waals surface area contributed by atoms with Crippen LogP contribution in [0.25, 0.3) is 0 Å². The molecule has 2 heterocycles. The minimum absolute atomic E-state index is 0.179. The lowest BCUT2D eigenvalue weighted by molar-refractivity contribution is -0.119. The molecule has 0 radical (unpaired) electrons. The third kappa shape index (κ3) is 3.31. The van der Waals surface area contributed by atoms with Gasteiger partial charge in [-0.25, -0.2) is 0 Å².